The lowest BCUT2D eigenvalue weighted by Crippen LogP contribution is -1.94. The molecule has 0 aliphatic heterocycles. The van der Waals surface area contributed by atoms with E-state index in [1.807, 2.05) is 30.3 Å². The van der Waals surface area contributed by atoms with Crippen molar-refractivity contribution in [3.05, 3.63) is 63.9 Å². The number of anilines is 1. The summed E-state index contributed by atoms with van der Waals surface area (Å²) in [7, 11) is 0. The predicted octanol–water partition coefficient (Wildman–Crippen LogP) is 3.98. The van der Waals surface area contributed by atoms with Gasteiger partial charge in [0, 0.05) is 10.9 Å². The normalized spacial score (nSPS) is 10.8. The highest BCUT2D eigenvalue weighted by atomic mass is 79.9. The second-order valence-electron chi connectivity index (χ2n) is 4.82. The molecule has 0 unspecified atom stereocenters. The average Bonchev–Trinajstić information content (AvgIpc) is 2.93. The summed E-state index contributed by atoms with van der Waals surface area (Å²) in [6.45, 7) is 2.07. The molecule has 1 heterocycles. The predicted molar refractivity (Wildman–Crippen MR) is 85.8 cm³/mol. The first-order valence-electron chi connectivity index (χ1n) is 6.56. The van der Waals surface area contributed by atoms with Gasteiger partial charge < -0.3 is 10.3 Å². The van der Waals surface area contributed by atoms with Crippen molar-refractivity contribution >= 4 is 21.6 Å². The van der Waals surface area contributed by atoms with Crippen LogP contribution in [-0.4, -0.2) is 10.1 Å². The molecule has 0 atom stereocenters. The third-order valence-electron chi connectivity index (χ3n) is 3.36. The molecule has 0 bridgehead atoms. The zero-order chi connectivity index (χ0) is 14.8. The summed E-state index contributed by atoms with van der Waals surface area (Å²) in [6, 6.07) is 13.8. The molecule has 3 aromatic rings. The summed E-state index contributed by atoms with van der Waals surface area (Å²) in [5.41, 5.74) is 9.77. The number of rotatable bonds is 3. The van der Waals surface area contributed by atoms with Crippen molar-refractivity contribution in [2.24, 2.45) is 0 Å². The maximum absolute atomic E-state index is 6.03. The summed E-state index contributed by atoms with van der Waals surface area (Å²) < 4.78 is 6.15. The molecule has 1 aromatic heterocycles. The van der Waals surface area contributed by atoms with E-state index in [-0.39, 0.29) is 0 Å². The molecule has 0 amide bonds. The van der Waals surface area contributed by atoms with Gasteiger partial charge in [0.1, 0.15) is 0 Å². The quantitative estimate of drug-likeness (QED) is 0.730. The van der Waals surface area contributed by atoms with Crippen LogP contribution < -0.4 is 5.73 Å². The Balaban J connectivity index is 1.90. The topological polar surface area (TPSA) is 64.9 Å². The van der Waals surface area contributed by atoms with E-state index < -0.39 is 0 Å². The Morgan fingerprint density at radius 1 is 1.14 bits per heavy atom. The monoisotopic (exact) mass is 343 g/mol. The second kappa shape index (κ2) is 5.69. The first-order valence-corrected chi connectivity index (χ1v) is 7.36. The lowest BCUT2D eigenvalue weighted by Gasteiger charge is -2.02. The van der Waals surface area contributed by atoms with Crippen LogP contribution in [0, 0.1) is 6.92 Å². The van der Waals surface area contributed by atoms with Crippen LogP contribution in [0.5, 0.6) is 0 Å². The van der Waals surface area contributed by atoms with Crippen LogP contribution in [0.3, 0.4) is 0 Å². The van der Waals surface area contributed by atoms with Gasteiger partial charge >= 0.3 is 0 Å². The maximum Gasteiger partial charge on any atom is 0.260 e. The highest BCUT2D eigenvalue weighted by Crippen LogP contribution is 2.30. The van der Waals surface area contributed by atoms with Crippen molar-refractivity contribution in [3.8, 4) is 11.5 Å². The maximum atomic E-state index is 6.03. The fourth-order valence-corrected chi connectivity index (χ4v) is 2.50. The minimum atomic E-state index is 0.442. The molecule has 0 fully saturated rings. The molecule has 5 heteroatoms. The molecular formula is C16H14BrN3O. The van der Waals surface area contributed by atoms with Gasteiger partial charge in [-0.05, 0) is 46.1 Å². The van der Waals surface area contributed by atoms with Crippen molar-refractivity contribution < 1.29 is 4.52 Å². The number of aryl methyl sites for hydroxylation is 1. The van der Waals surface area contributed by atoms with Crippen molar-refractivity contribution in [2.45, 2.75) is 13.3 Å². The zero-order valence-corrected chi connectivity index (χ0v) is 13.1. The number of benzene rings is 2. The minimum Gasteiger partial charge on any atom is -0.397 e. The standard InChI is InChI=1S/C16H14BrN3O/c1-10-5-2-3-6-11(10)9-14-19-16(21-20-14)12-7-4-8-13(17)15(12)18/h2-8H,9,18H2,1H3. The molecule has 0 saturated carbocycles. The van der Waals surface area contributed by atoms with E-state index in [9.17, 15) is 0 Å². The number of para-hydroxylation sites is 1. The fraction of sp³-hybridized carbons (Fsp3) is 0.125. The molecule has 106 valence electrons. The van der Waals surface area contributed by atoms with Crippen molar-refractivity contribution in [3.63, 3.8) is 0 Å². The van der Waals surface area contributed by atoms with Crippen LogP contribution in [0.2, 0.25) is 0 Å². The van der Waals surface area contributed by atoms with Gasteiger partial charge in [-0.2, -0.15) is 4.98 Å². The number of nitrogens with zero attached hydrogens (tertiary/aromatic N) is 2. The molecule has 4 nitrogen and oxygen atoms in total. The van der Waals surface area contributed by atoms with Gasteiger partial charge in [0.2, 0.25) is 0 Å². The van der Waals surface area contributed by atoms with E-state index >= 15 is 0 Å². The van der Waals surface area contributed by atoms with Crippen LogP contribution >= 0.6 is 15.9 Å². The Morgan fingerprint density at radius 2 is 1.95 bits per heavy atom. The van der Waals surface area contributed by atoms with Gasteiger partial charge in [0.05, 0.1) is 11.3 Å². The number of aromatic nitrogens is 2. The zero-order valence-electron chi connectivity index (χ0n) is 11.5. The van der Waals surface area contributed by atoms with Gasteiger partial charge in [-0.3, -0.25) is 0 Å². The average molecular weight is 344 g/mol. The van der Waals surface area contributed by atoms with Gasteiger partial charge in [0.25, 0.3) is 5.89 Å². The lowest BCUT2D eigenvalue weighted by molar-refractivity contribution is 0.424. The Morgan fingerprint density at radius 3 is 2.76 bits per heavy atom. The summed E-state index contributed by atoms with van der Waals surface area (Å²) in [4.78, 5) is 4.44. The summed E-state index contributed by atoms with van der Waals surface area (Å²) >= 11 is 3.40. The molecule has 0 spiro atoms. The number of hydrogen-bond donors (Lipinski definition) is 1. The molecule has 21 heavy (non-hydrogen) atoms. The van der Waals surface area contributed by atoms with E-state index in [4.69, 9.17) is 10.3 Å². The molecule has 0 radical (unpaired) electrons. The number of hydrogen-bond acceptors (Lipinski definition) is 4. The van der Waals surface area contributed by atoms with Gasteiger partial charge in [-0.25, -0.2) is 0 Å². The number of nitrogen functional groups attached to an aromatic ring is 1. The van der Waals surface area contributed by atoms with E-state index in [1.165, 1.54) is 11.1 Å². The Hall–Kier alpha value is -2.14. The fourth-order valence-electron chi connectivity index (χ4n) is 2.14. The van der Waals surface area contributed by atoms with Crippen molar-refractivity contribution in [1.29, 1.82) is 0 Å². The SMILES string of the molecule is Cc1ccccc1Cc1noc(-c2cccc(Br)c2N)n1. The van der Waals surface area contributed by atoms with E-state index in [0.717, 1.165) is 10.0 Å². The number of nitrogens with two attached hydrogens (primary N) is 1. The van der Waals surface area contributed by atoms with Crippen LogP contribution in [0.25, 0.3) is 11.5 Å². The molecular weight excluding hydrogens is 330 g/mol. The molecule has 0 aliphatic carbocycles. The Bertz CT molecular complexity index is 783. The minimum absolute atomic E-state index is 0.442. The second-order valence-corrected chi connectivity index (χ2v) is 5.67. The van der Waals surface area contributed by atoms with Gasteiger partial charge in [-0.15, -0.1) is 0 Å². The van der Waals surface area contributed by atoms with E-state index in [0.29, 0.717) is 23.8 Å². The first-order chi connectivity index (χ1) is 10.1. The number of halogens is 1. The lowest BCUT2D eigenvalue weighted by atomic mass is 10.1. The smallest absolute Gasteiger partial charge is 0.260 e. The van der Waals surface area contributed by atoms with Gasteiger partial charge in [0.15, 0.2) is 5.82 Å². The third-order valence-corrected chi connectivity index (χ3v) is 4.05. The van der Waals surface area contributed by atoms with Crippen LogP contribution in [-0.2, 0) is 6.42 Å². The highest BCUT2D eigenvalue weighted by molar-refractivity contribution is 9.10. The van der Waals surface area contributed by atoms with E-state index in [1.54, 1.807) is 0 Å². The third kappa shape index (κ3) is 2.83. The molecule has 0 aliphatic rings. The largest absolute Gasteiger partial charge is 0.397 e. The van der Waals surface area contributed by atoms with Crippen molar-refractivity contribution in [1.82, 2.24) is 10.1 Å². The summed E-state index contributed by atoms with van der Waals surface area (Å²) in [6.07, 6.45) is 0.643. The van der Waals surface area contributed by atoms with Crippen LogP contribution in [0.1, 0.15) is 17.0 Å². The van der Waals surface area contributed by atoms with Crippen LogP contribution in [0.4, 0.5) is 5.69 Å². The summed E-state index contributed by atoms with van der Waals surface area (Å²) in [5, 5.41) is 4.04. The Kier molecular flexibility index (Phi) is 3.75. The molecule has 2 aromatic carbocycles. The molecule has 0 saturated heterocycles. The molecule has 2 N–H and O–H groups in total. The van der Waals surface area contributed by atoms with Crippen LogP contribution in [0.15, 0.2) is 51.5 Å². The van der Waals surface area contributed by atoms with Gasteiger partial charge in [-0.1, -0.05) is 35.5 Å². The molecule has 3 rings (SSSR count). The Labute approximate surface area is 131 Å². The first kappa shape index (κ1) is 13.8. The van der Waals surface area contributed by atoms with E-state index in [2.05, 4.69) is 45.1 Å². The summed E-state index contributed by atoms with van der Waals surface area (Å²) in [5.74, 6) is 1.09. The van der Waals surface area contributed by atoms with Crippen molar-refractivity contribution in [2.75, 3.05) is 5.73 Å². The highest BCUT2D eigenvalue weighted by Gasteiger charge is 2.13.